The van der Waals surface area contributed by atoms with Crippen LogP contribution in [0.5, 0.6) is 0 Å². The molecule has 0 aromatic rings. The third kappa shape index (κ3) is 5.61. The average molecular weight is 440 g/mol. The average Bonchev–Trinajstić information content (AvgIpc) is 2.68. The van der Waals surface area contributed by atoms with E-state index in [1.165, 1.54) is 0 Å². The van der Waals surface area contributed by atoms with E-state index < -0.39 is 86.3 Å². The Morgan fingerprint density at radius 1 is 0.800 bits per heavy atom. The Bertz CT molecular complexity index is 595. The Hall–Kier alpha value is -1.46. The minimum Gasteiger partial charge on any atom is -0.394 e. The topological polar surface area (TPSA) is 216 Å². The van der Waals surface area contributed by atoms with Crippen LogP contribution in [0.2, 0.25) is 0 Å². The van der Waals surface area contributed by atoms with Gasteiger partial charge in [0, 0.05) is 13.8 Å². The van der Waals surface area contributed by atoms with Crippen molar-refractivity contribution in [3.8, 4) is 0 Å². The minimum atomic E-state index is -1.64. The first-order chi connectivity index (χ1) is 14.1. The van der Waals surface area contributed by atoms with Crippen molar-refractivity contribution < 1.29 is 59.5 Å². The summed E-state index contributed by atoms with van der Waals surface area (Å²) in [7, 11) is 0. The molecule has 0 aromatic carbocycles. The minimum absolute atomic E-state index is 0.576. The summed E-state index contributed by atoms with van der Waals surface area (Å²) in [6.45, 7) is 0.918. The van der Waals surface area contributed by atoms with E-state index in [1.807, 2.05) is 0 Å². The summed E-state index contributed by atoms with van der Waals surface area (Å²) < 4.78 is 10.4. The van der Waals surface area contributed by atoms with Crippen LogP contribution in [0, 0.1) is 0 Å². The highest BCUT2D eigenvalue weighted by Crippen LogP contribution is 2.26. The van der Waals surface area contributed by atoms with Crippen LogP contribution < -0.4 is 10.6 Å². The molecule has 14 heteroatoms. The smallest absolute Gasteiger partial charge is 0.217 e. The molecule has 30 heavy (non-hydrogen) atoms. The number of carbonyl (C=O) groups is 2. The molecule has 8 N–H and O–H groups in total. The van der Waals surface area contributed by atoms with Crippen LogP contribution in [-0.4, -0.2) is 117 Å². The maximum atomic E-state index is 11.4. The van der Waals surface area contributed by atoms with Crippen molar-refractivity contribution in [2.75, 3.05) is 13.2 Å². The predicted molar refractivity (Wildman–Crippen MR) is 92.9 cm³/mol. The summed E-state index contributed by atoms with van der Waals surface area (Å²) in [6, 6.07) is -2.62. The van der Waals surface area contributed by atoms with Crippen molar-refractivity contribution in [3.63, 3.8) is 0 Å². The molecule has 0 unspecified atom stereocenters. The normalized spacial score (nSPS) is 41.9. The largest absolute Gasteiger partial charge is 0.394 e. The third-order valence-corrected chi connectivity index (χ3v) is 4.75. The van der Waals surface area contributed by atoms with Crippen LogP contribution in [0.3, 0.4) is 0 Å². The maximum absolute atomic E-state index is 11.4. The lowest BCUT2D eigenvalue weighted by molar-refractivity contribution is -0.451. The zero-order valence-electron chi connectivity index (χ0n) is 16.3. The van der Waals surface area contributed by atoms with Gasteiger partial charge in [0.05, 0.1) is 13.2 Å². The molecule has 0 radical (unpaired) electrons. The van der Waals surface area contributed by atoms with E-state index >= 15 is 0 Å². The lowest BCUT2D eigenvalue weighted by Crippen LogP contribution is -2.66. The number of ether oxygens (including phenoxy) is 2. The van der Waals surface area contributed by atoms with Gasteiger partial charge in [0.1, 0.15) is 48.7 Å². The Morgan fingerprint density at radius 3 is 1.90 bits per heavy atom. The Labute approximate surface area is 171 Å². The molecule has 0 aliphatic carbocycles. The van der Waals surface area contributed by atoms with Crippen molar-refractivity contribution in [2.45, 2.75) is 75.1 Å². The van der Waals surface area contributed by atoms with Crippen molar-refractivity contribution >= 4 is 11.8 Å². The van der Waals surface area contributed by atoms with Gasteiger partial charge in [-0.2, -0.15) is 0 Å². The monoisotopic (exact) mass is 440 g/mol. The van der Waals surface area contributed by atoms with Gasteiger partial charge in [0.2, 0.25) is 18.1 Å². The molecule has 2 fully saturated rings. The fourth-order valence-corrected chi connectivity index (χ4v) is 3.26. The summed E-state index contributed by atoms with van der Waals surface area (Å²) in [4.78, 5) is 33.0. The second-order valence-corrected chi connectivity index (χ2v) is 7.05. The lowest BCUT2D eigenvalue weighted by Gasteiger charge is -2.44. The molecule has 2 heterocycles. The Morgan fingerprint density at radius 2 is 1.37 bits per heavy atom. The van der Waals surface area contributed by atoms with E-state index in [4.69, 9.17) is 19.2 Å². The number of hydrogen-bond acceptors (Lipinski definition) is 12. The predicted octanol–water partition coefficient (Wildman–Crippen LogP) is -5.18. The SMILES string of the molecule is CC(=O)N[C@@H]1[C@@H](O)[C@H](OO[C@H]2O[C@H](CO)[C@@H](O)[C@H](O)[C@H]2NC(C)=O)[C@@H](CO)O[C@H]1O. The summed E-state index contributed by atoms with van der Waals surface area (Å²) in [6.07, 6.45) is -11.9. The van der Waals surface area contributed by atoms with Gasteiger partial charge >= 0.3 is 0 Å². The van der Waals surface area contributed by atoms with E-state index in [-0.39, 0.29) is 0 Å². The van der Waals surface area contributed by atoms with Gasteiger partial charge < -0.3 is 50.7 Å². The molecular weight excluding hydrogens is 412 g/mol. The fraction of sp³-hybridized carbons (Fsp3) is 0.875. The van der Waals surface area contributed by atoms with Crippen LogP contribution in [0.15, 0.2) is 0 Å². The molecule has 0 spiro atoms. The van der Waals surface area contributed by atoms with E-state index in [9.17, 15) is 40.2 Å². The Balaban J connectivity index is 2.15. The molecule has 0 aromatic heterocycles. The van der Waals surface area contributed by atoms with Gasteiger partial charge in [0.15, 0.2) is 6.29 Å². The van der Waals surface area contributed by atoms with Crippen LogP contribution >= 0.6 is 0 Å². The molecule has 174 valence electrons. The molecule has 2 aliphatic rings. The van der Waals surface area contributed by atoms with Gasteiger partial charge in [0.25, 0.3) is 0 Å². The first-order valence-corrected chi connectivity index (χ1v) is 9.21. The highest BCUT2D eigenvalue weighted by atomic mass is 17.2. The van der Waals surface area contributed by atoms with Crippen LogP contribution in [0.25, 0.3) is 0 Å². The number of aliphatic hydroxyl groups excluding tert-OH is 6. The second kappa shape index (κ2) is 10.7. The van der Waals surface area contributed by atoms with E-state index in [2.05, 4.69) is 10.6 Å². The summed E-state index contributed by atoms with van der Waals surface area (Å²) >= 11 is 0. The molecule has 2 amide bonds. The lowest BCUT2D eigenvalue weighted by atomic mass is 9.96. The first-order valence-electron chi connectivity index (χ1n) is 9.21. The van der Waals surface area contributed by atoms with Crippen molar-refractivity contribution in [1.29, 1.82) is 0 Å². The number of rotatable bonds is 7. The van der Waals surface area contributed by atoms with Crippen molar-refractivity contribution in [2.24, 2.45) is 0 Å². The van der Waals surface area contributed by atoms with Crippen LogP contribution in [0.4, 0.5) is 0 Å². The number of nitrogens with one attached hydrogen (secondary N) is 2. The number of aliphatic hydroxyl groups is 6. The summed E-state index contributed by atoms with van der Waals surface area (Å²) in [5.41, 5.74) is 0. The summed E-state index contributed by atoms with van der Waals surface area (Å²) in [5.74, 6) is -1.16. The molecule has 0 bridgehead atoms. The molecule has 10 atom stereocenters. The zero-order chi connectivity index (χ0) is 22.6. The van der Waals surface area contributed by atoms with Gasteiger partial charge in [-0.25, -0.2) is 9.78 Å². The van der Waals surface area contributed by atoms with Gasteiger partial charge in [-0.1, -0.05) is 0 Å². The molecule has 14 nitrogen and oxygen atoms in total. The quantitative estimate of drug-likeness (QED) is 0.138. The highest BCUT2D eigenvalue weighted by Gasteiger charge is 2.49. The van der Waals surface area contributed by atoms with Crippen LogP contribution in [-0.2, 0) is 28.8 Å². The van der Waals surface area contributed by atoms with E-state index in [1.54, 1.807) is 0 Å². The molecule has 2 rings (SSSR count). The molecular formula is C16H28N2O12. The van der Waals surface area contributed by atoms with Gasteiger partial charge in [-0.05, 0) is 0 Å². The summed E-state index contributed by atoms with van der Waals surface area (Å²) in [5, 5.41) is 64.0. The van der Waals surface area contributed by atoms with Gasteiger partial charge in [-0.15, -0.1) is 0 Å². The third-order valence-electron chi connectivity index (χ3n) is 4.75. The standard InChI is InChI=1S/C16H28N2O12/c1-5(21)17-9-13(25)14(8(4-20)27-15(9)26)29-30-16-10(18-6(2)22)12(24)11(23)7(3-19)28-16/h7-16,19-20,23-26H,3-4H2,1-2H3,(H,17,21)(H,18,22)/t7-,8-,9-,10-,11-,12-,13-,14-,15-,16-/m1/s1. The molecule has 2 saturated heterocycles. The number of amides is 2. The maximum Gasteiger partial charge on any atom is 0.217 e. The second-order valence-electron chi connectivity index (χ2n) is 7.05. The molecule has 2 aliphatic heterocycles. The van der Waals surface area contributed by atoms with Crippen molar-refractivity contribution in [1.82, 2.24) is 10.6 Å². The Kier molecular flexibility index (Phi) is 8.86. The zero-order valence-corrected chi connectivity index (χ0v) is 16.3. The van der Waals surface area contributed by atoms with Crippen LogP contribution in [0.1, 0.15) is 13.8 Å². The van der Waals surface area contributed by atoms with Gasteiger partial charge in [-0.3, -0.25) is 9.59 Å². The first kappa shape index (κ1) is 24.8. The number of hydrogen-bond donors (Lipinski definition) is 8. The number of carbonyl (C=O) groups excluding carboxylic acids is 2. The van der Waals surface area contributed by atoms with Crippen molar-refractivity contribution in [3.05, 3.63) is 0 Å². The highest BCUT2D eigenvalue weighted by molar-refractivity contribution is 5.73. The molecule has 0 saturated carbocycles. The van der Waals surface area contributed by atoms with E-state index in [0.717, 1.165) is 13.8 Å². The fourth-order valence-electron chi connectivity index (χ4n) is 3.26. The van der Waals surface area contributed by atoms with E-state index in [0.29, 0.717) is 0 Å².